The Bertz CT molecular complexity index is 1330. The minimum absolute atomic E-state index is 0.0193. The Labute approximate surface area is 192 Å². The van der Waals surface area contributed by atoms with Crippen molar-refractivity contribution in [2.45, 2.75) is 17.5 Å². The van der Waals surface area contributed by atoms with Crippen molar-refractivity contribution in [3.8, 4) is 11.1 Å². The maximum absolute atomic E-state index is 13.2. The monoisotopic (exact) mass is 495 g/mol. The van der Waals surface area contributed by atoms with Crippen LogP contribution < -0.4 is 5.43 Å². The third kappa shape index (κ3) is 6.41. The van der Waals surface area contributed by atoms with Crippen molar-refractivity contribution in [2.24, 2.45) is 5.10 Å². The van der Waals surface area contributed by atoms with Crippen LogP contribution in [0.4, 0.5) is 13.2 Å². The highest BCUT2D eigenvalue weighted by Crippen LogP contribution is 2.36. The molecule has 3 aromatic rings. The average Bonchev–Trinajstić information content (AvgIpc) is 2.72. The molecule has 0 aliphatic rings. The lowest BCUT2D eigenvalue weighted by Crippen LogP contribution is -2.19. The van der Waals surface area contributed by atoms with Gasteiger partial charge in [-0.15, -0.1) is 0 Å². The van der Waals surface area contributed by atoms with Crippen molar-refractivity contribution in [2.75, 3.05) is 0 Å². The van der Waals surface area contributed by atoms with E-state index >= 15 is 0 Å². The SMILES string of the molecule is O=C(Cc1cccc(Cl)c1)NN=Cc1ccccc1-c1cc(C(F)(F)F)ccc1S(=O)(=O)[O-]. The van der Waals surface area contributed by atoms with E-state index in [-0.39, 0.29) is 17.5 Å². The van der Waals surface area contributed by atoms with E-state index in [2.05, 4.69) is 10.5 Å². The standard InChI is InChI=1S/C22H16ClF3N2O4S/c23-17-6-3-4-14(10-17)11-21(29)28-27-13-15-5-1-2-7-18(15)19-12-16(22(24,25)26)8-9-20(19)33(30,31)32/h1-10,12-13H,11H2,(H,28,29)(H,30,31,32)/p-1. The molecule has 0 fully saturated rings. The molecule has 0 saturated heterocycles. The first-order valence-corrected chi connectivity index (χ1v) is 11.1. The molecule has 0 aliphatic heterocycles. The molecule has 1 N–H and O–H groups in total. The van der Waals surface area contributed by atoms with Gasteiger partial charge < -0.3 is 4.55 Å². The summed E-state index contributed by atoms with van der Waals surface area (Å²) in [6, 6.07) is 14.2. The van der Waals surface area contributed by atoms with Crippen LogP contribution in [-0.2, 0) is 27.5 Å². The molecule has 0 unspecified atom stereocenters. The molecule has 33 heavy (non-hydrogen) atoms. The van der Waals surface area contributed by atoms with Gasteiger partial charge in [-0.2, -0.15) is 18.3 Å². The van der Waals surface area contributed by atoms with E-state index in [1.54, 1.807) is 24.3 Å². The summed E-state index contributed by atoms with van der Waals surface area (Å²) in [5, 5.41) is 4.26. The Hall–Kier alpha value is -3.21. The minimum atomic E-state index is -5.08. The van der Waals surface area contributed by atoms with E-state index in [0.717, 1.165) is 6.21 Å². The van der Waals surface area contributed by atoms with Gasteiger partial charge in [0.25, 0.3) is 0 Å². The quantitative estimate of drug-likeness (QED) is 0.306. The van der Waals surface area contributed by atoms with Gasteiger partial charge in [-0.3, -0.25) is 4.79 Å². The van der Waals surface area contributed by atoms with Gasteiger partial charge in [0.05, 0.1) is 23.1 Å². The first-order chi connectivity index (χ1) is 15.4. The van der Waals surface area contributed by atoms with Crippen molar-refractivity contribution in [3.05, 3.63) is 88.4 Å². The van der Waals surface area contributed by atoms with E-state index in [0.29, 0.717) is 28.8 Å². The summed E-state index contributed by atoms with van der Waals surface area (Å²) in [7, 11) is -5.08. The Balaban J connectivity index is 1.92. The number of nitrogens with one attached hydrogen (secondary N) is 1. The van der Waals surface area contributed by atoms with Crippen molar-refractivity contribution in [1.29, 1.82) is 0 Å². The molecule has 0 saturated carbocycles. The minimum Gasteiger partial charge on any atom is -0.744 e. The molecular formula is C22H15ClF3N2O4S-. The predicted molar refractivity (Wildman–Crippen MR) is 116 cm³/mol. The smallest absolute Gasteiger partial charge is 0.416 e. The molecule has 0 bridgehead atoms. The van der Waals surface area contributed by atoms with Gasteiger partial charge >= 0.3 is 6.18 Å². The number of halogens is 4. The van der Waals surface area contributed by atoms with E-state index in [9.17, 15) is 30.9 Å². The molecular weight excluding hydrogens is 481 g/mol. The van der Waals surface area contributed by atoms with Gasteiger partial charge in [0.1, 0.15) is 10.1 Å². The van der Waals surface area contributed by atoms with Crippen LogP contribution in [0.2, 0.25) is 5.02 Å². The number of carbonyl (C=O) groups excluding carboxylic acids is 1. The zero-order valence-electron chi connectivity index (χ0n) is 16.6. The summed E-state index contributed by atoms with van der Waals surface area (Å²) in [5.74, 6) is -0.479. The normalized spacial score (nSPS) is 12.2. The van der Waals surface area contributed by atoms with Crippen LogP contribution >= 0.6 is 11.6 Å². The fourth-order valence-electron chi connectivity index (χ4n) is 3.04. The van der Waals surface area contributed by atoms with Gasteiger partial charge in [0.2, 0.25) is 5.91 Å². The average molecular weight is 496 g/mol. The second kappa shape index (κ2) is 9.74. The highest BCUT2D eigenvalue weighted by molar-refractivity contribution is 7.85. The lowest BCUT2D eigenvalue weighted by atomic mass is 9.98. The summed E-state index contributed by atoms with van der Waals surface area (Å²) in [5.41, 5.74) is 1.59. The fraction of sp³-hybridized carbons (Fsp3) is 0.0909. The van der Waals surface area contributed by atoms with Crippen LogP contribution in [0, 0.1) is 0 Å². The van der Waals surface area contributed by atoms with Crippen LogP contribution in [-0.4, -0.2) is 25.1 Å². The molecule has 3 rings (SSSR count). The van der Waals surface area contributed by atoms with E-state index < -0.39 is 38.2 Å². The molecule has 0 aliphatic carbocycles. The Morgan fingerprint density at radius 1 is 1.03 bits per heavy atom. The third-order valence-electron chi connectivity index (χ3n) is 4.47. The highest BCUT2D eigenvalue weighted by Gasteiger charge is 2.31. The van der Waals surface area contributed by atoms with Gasteiger partial charge in [0.15, 0.2) is 0 Å². The molecule has 0 atom stereocenters. The van der Waals surface area contributed by atoms with E-state index in [1.165, 1.54) is 24.3 Å². The van der Waals surface area contributed by atoms with Crippen LogP contribution in [0.1, 0.15) is 16.7 Å². The fourth-order valence-corrected chi connectivity index (χ4v) is 3.92. The van der Waals surface area contributed by atoms with E-state index in [1.807, 2.05) is 0 Å². The summed E-state index contributed by atoms with van der Waals surface area (Å²) in [4.78, 5) is 11.3. The molecule has 1 amide bonds. The number of benzene rings is 3. The number of hydrazone groups is 1. The Morgan fingerprint density at radius 3 is 2.42 bits per heavy atom. The molecule has 0 heterocycles. The van der Waals surface area contributed by atoms with Crippen molar-refractivity contribution in [3.63, 3.8) is 0 Å². The summed E-state index contributed by atoms with van der Waals surface area (Å²) >= 11 is 5.88. The van der Waals surface area contributed by atoms with Crippen LogP contribution in [0.3, 0.4) is 0 Å². The molecule has 0 spiro atoms. The van der Waals surface area contributed by atoms with Gasteiger partial charge in [-0.1, -0.05) is 48.0 Å². The topological polar surface area (TPSA) is 98.7 Å². The van der Waals surface area contributed by atoms with Gasteiger partial charge in [0, 0.05) is 16.1 Å². The maximum atomic E-state index is 13.2. The molecule has 3 aromatic carbocycles. The van der Waals surface area contributed by atoms with Gasteiger partial charge in [-0.25, -0.2) is 13.8 Å². The third-order valence-corrected chi connectivity index (χ3v) is 5.60. The molecule has 0 radical (unpaired) electrons. The first kappa shape index (κ1) is 24.4. The van der Waals surface area contributed by atoms with Crippen molar-refractivity contribution < 1.29 is 30.9 Å². The molecule has 0 aromatic heterocycles. The highest BCUT2D eigenvalue weighted by atomic mass is 35.5. The van der Waals surface area contributed by atoms with Crippen LogP contribution in [0.15, 0.2) is 76.7 Å². The number of hydrogen-bond acceptors (Lipinski definition) is 5. The predicted octanol–water partition coefficient (Wildman–Crippen LogP) is 4.62. The second-order valence-electron chi connectivity index (χ2n) is 6.85. The Kier molecular flexibility index (Phi) is 7.21. The summed E-state index contributed by atoms with van der Waals surface area (Å²) in [6.07, 6.45) is -3.63. The van der Waals surface area contributed by atoms with Crippen LogP contribution in [0.25, 0.3) is 11.1 Å². The number of alkyl halides is 3. The number of amides is 1. The number of carbonyl (C=O) groups is 1. The number of hydrogen-bond donors (Lipinski definition) is 1. The summed E-state index contributed by atoms with van der Waals surface area (Å²) < 4.78 is 74.6. The van der Waals surface area contributed by atoms with Crippen molar-refractivity contribution in [1.82, 2.24) is 5.43 Å². The largest absolute Gasteiger partial charge is 0.744 e. The molecule has 6 nitrogen and oxygen atoms in total. The Morgan fingerprint density at radius 2 is 1.76 bits per heavy atom. The molecule has 172 valence electrons. The first-order valence-electron chi connectivity index (χ1n) is 9.28. The number of nitrogens with zero attached hydrogens (tertiary/aromatic N) is 1. The lowest BCUT2D eigenvalue weighted by molar-refractivity contribution is -0.137. The molecule has 11 heteroatoms. The zero-order chi connectivity index (χ0) is 24.2. The zero-order valence-corrected chi connectivity index (χ0v) is 18.2. The van der Waals surface area contributed by atoms with Crippen LogP contribution in [0.5, 0.6) is 0 Å². The number of rotatable bonds is 6. The summed E-state index contributed by atoms with van der Waals surface area (Å²) in [6.45, 7) is 0. The second-order valence-corrected chi connectivity index (χ2v) is 8.63. The van der Waals surface area contributed by atoms with Gasteiger partial charge in [-0.05, 0) is 41.5 Å². The van der Waals surface area contributed by atoms with Crippen molar-refractivity contribution >= 4 is 33.8 Å². The lowest BCUT2D eigenvalue weighted by Gasteiger charge is -2.17. The van der Waals surface area contributed by atoms with E-state index in [4.69, 9.17) is 11.6 Å². The maximum Gasteiger partial charge on any atom is 0.416 e.